The first kappa shape index (κ1) is 22.3. The molecule has 2 rings (SSSR count). The molecule has 2 aromatic rings. The van der Waals surface area contributed by atoms with Gasteiger partial charge in [0, 0.05) is 30.3 Å². The van der Waals surface area contributed by atoms with Gasteiger partial charge in [0.15, 0.2) is 5.96 Å². The monoisotopic (exact) mass is 420 g/mol. The summed E-state index contributed by atoms with van der Waals surface area (Å²) >= 11 is 1.82. The van der Waals surface area contributed by atoms with Crippen molar-refractivity contribution in [2.45, 2.75) is 29.4 Å². The summed E-state index contributed by atoms with van der Waals surface area (Å²) in [6, 6.07) is 17.8. The topological polar surface area (TPSA) is 82.6 Å². The van der Waals surface area contributed by atoms with E-state index in [1.165, 1.54) is 11.9 Å². The molecule has 6 nitrogen and oxygen atoms in total. The first-order chi connectivity index (χ1) is 13.4. The van der Waals surface area contributed by atoms with Gasteiger partial charge in [0.25, 0.3) is 0 Å². The third-order valence-electron chi connectivity index (χ3n) is 4.01. The molecule has 0 heterocycles. The zero-order chi connectivity index (χ0) is 20.4. The Balaban J connectivity index is 1.78. The van der Waals surface area contributed by atoms with E-state index >= 15 is 0 Å². The minimum Gasteiger partial charge on any atom is -0.355 e. The zero-order valence-corrected chi connectivity index (χ0v) is 18.1. The Morgan fingerprint density at radius 1 is 1.04 bits per heavy atom. The van der Waals surface area contributed by atoms with Crippen LogP contribution in [0.3, 0.4) is 0 Å². The van der Waals surface area contributed by atoms with Crippen LogP contribution in [0.4, 0.5) is 0 Å². The number of aliphatic imine (C=N–C) groups is 1. The average Bonchev–Trinajstić information content (AvgIpc) is 2.70. The van der Waals surface area contributed by atoms with Crippen LogP contribution in [0.1, 0.15) is 18.1 Å². The van der Waals surface area contributed by atoms with Gasteiger partial charge in [0.2, 0.25) is 10.0 Å². The number of hydrogen-bond acceptors (Lipinski definition) is 4. The molecule has 0 fully saturated rings. The fraction of sp³-hybridized carbons (Fsp3) is 0.350. The summed E-state index contributed by atoms with van der Waals surface area (Å²) < 4.78 is 25.5. The van der Waals surface area contributed by atoms with Gasteiger partial charge in [-0.25, -0.2) is 13.1 Å². The van der Waals surface area contributed by atoms with Crippen molar-refractivity contribution in [1.29, 1.82) is 0 Å². The largest absolute Gasteiger partial charge is 0.355 e. The van der Waals surface area contributed by atoms with E-state index in [1.807, 2.05) is 54.2 Å². The first-order valence-corrected chi connectivity index (χ1v) is 11.6. The van der Waals surface area contributed by atoms with Gasteiger partial charge in [-0.3, -0.25) is 4.99 Å². The number of guanidine groups is 1. The Labute approximate surface area is 172 Å². The van der Waals surface area contributed by atoms with Crippen molar-refractivity contribution in [3.63, 3.8) is 0 Å². The van der Waals surface area contributed by atoms with Gasteiger partial charge in [-0.2, -0.15) is 0 Å². The molecule has 0 saturated heterocycles. The molecule has 0 aliphatic rings. The van der Waals surface area contributed by atoms with Crippen LogP contribution in [-0.2, 0) is 22.3 Å². The maximum Gasteiger partial charge on any atom is 0.215 e. The molecule has 0 bridgehead atoms. The van der Waals surface area contributed by atoms with E-state index in [0.29, 0.717) is 11.8 Å². The Morgan fingerprint density at radius 2 is 1.68 bits per heavy atom. The smallest absolute Gasteiger partial charge is 0.215 e. The van der Waals surface area contributed by atoms with Crippen LogP contribution in [-0.4, -0.2) is 40.3 Å². The lowest BCUT2D eigenvalue weighted by Crippen LogP contribution is -2.39. The summed E-state index contributed by atoms with van der Waals surface area (Å²) in [5.74, 6) is 0.722. The molecule has 0 aliphatic heterocycles. The van der Waals surface area contributed by atoms with Crippen LogP contribution < -0.4 is 15.4 Å². The highest BCUT2D eigenvalue weighted by molar-refractivity contribution is 8.00. The van der Waals surface area contributed by atoms with Gasteiger partial charge in [0.05, 0.1) is 5.75 Å². The van der Waals surface area contributed by atoms with Crippen molar-refractivity contribution in [2.24, 2.45) is 4.99 Å². The number of benzene rings is 2. The molecule has 1 atom stereocenters. The van der Waals surface area contributed by atoms with Crippen molar-refractivity contribution in [3.8, 4) is 0 Å². The number of hydrogen-bond donors (Lipinski definition) is 3. The lowest BCUT2D eigenvalue weighted by Gasteiger charge is -2.16. The molecule has 3 N–H and O–H groups in total. The van der Waals surface area contributed by atoms with E-state index in [0.717, 1.165) is 23.6 Å². The molecule has 2 aromatic carbocycles. The van der Waals surface area contributed by atoms with Crippen LogP contribution in [0.15, 0.2) is 64.5 Å². The zero-order valence-electron chi connectivity index (χ0n) is 16.5. The van der Waals surface area contributed by atoms with Gasteiger partial charge < -0.3 is 10.6 Å². The number of nitrogens with one attached hydrogen (secondary N) is 3. The normalized spacial score (nSPS) is 13.2. The minimum absolute atomic E-state index is 0.0165. The number of thioether (sulfide) groups is 1. The fourth-order valence-corrected chi connectivity index (χ4v) is 4.19. The predicted octanol–water partition coefficient (Wildman–Crippen LogP) is 2.58. The Kier molecular flexibility index (Phi) is 8.82. The highest BCUT2D eigenvalue weighted by atomic mass is 32.2. The quantitative estimate of drug-likeness (QED) is 0.330. The molecular formula is C20H28N4O2S2. The second-order valence-electron chi connectivity index (χ2n) is 6.33. The summed E-state index contributed by atoms with van der Waals surface area (Å²) in [5.41, 5.74) is 1.81. The number of nitrogens with zero attached hydrogens (tertiary/aromatic N) is 1. The van der Waals surface area contributed by atoms with Crippen molar-refractivity contribution >= 4 is 27.7 Å². The van der Waals surface area contributed by atoms with E-state index < -0.39 is 10.0 Å². The summed E-state index contributed by atoms with van der Waals surface area (Å²) in [6.07, 6.45) is 0. The van der Waals surface area contributed by atoms with Crippen LogP contribution in [0.5, 0.6) is 0 Å². The van der Waals surface area contributed by atoms with Gasteiger partial charge in [-0.05, 0) is 30.3 Å². The van der Waals surface area contributed by atoms with Crippen molar-refractivity contribution in [2.75, 3.05) is 20.6 Å². The molecule has 8 heteroatoms. The first-order valence-electron chi connectivity index (χ1n) is 9.07. The highest BCUT2D eigenvalue weighted by Gasteiger charge is 2.09. The maximum atomic E-state index is 11.6. The molecule has 0 spiro atoms. The molecule has 152 valence electrons. The minimum atomic E-state index is -3.25. The van der Waals surface area contributed by atoms with E-state index in [1.54, 1.807) is 7.05 Å². The molecule has 28 heavy (non-hydrogen) atoms. The average molecular weight is 421 g/mol. The standard InChI is InChI=1S/C20H28N4O2S2/c1-16(27-19-7-5-4-6-8-19)13-23-20(21-2)24-14-17-9-11-18(12-10-17)15-28(25,26)22-3/h4-12,16,22H,13-15H2,1-3H3,(H2,21,23,24). The van der Waals surface area contributed by atoms with Crippen LogP contribution in [0.25, 0.3) is 0 Å². The lowest BCUT2D eigenvalue weighted by atomic mass is 10.1. The van der Waals surface area contributed by atoms with Gasteiger partial charge >= 0.3 is 0 Å². The van der Waals surface area contributed by atoms with Crippen LogP contribution >= 0.6 is 11.8 Å². The second-order valence-corrected chi connectivity index (χ2v) is 9.77. The van der Waals surface area contributed by atoms with Gasteiger partial charge in [-0.1, -0.05) is 49.4 Å². The van der Waals surface area contributed by atoms with Crippen molar-refractivity contribution < 1.29 is 8.42 Å². The lowest BCUT2D eigenvalue weighted by molar-refractivity contribution is 0.587. The van der Waals surface area contributed by atoms with E-state index in [-0.39, 0.29) is 5.75 Å². The molecule has 0 radical (unpaired) electrons. The molecule has 0 saturated carbocycles. The fourth-order valence-electron chi connectivity index (χ4n) is 2.46. The third-order valence-corrected chi connectivity index (χ3v) is 6.46. The second kappa shape index (κ2) is 11.1. The molecule has 1 unspecified atom stereocenters. The maximum absolute atomic E-state index is 11.6. The summed E-state index contributed by atoms with van der Waals surface area (Å²) in [7, 11) is -0.0819. The van der Waals surface area contributed by atoms with Crippen LogP contribution in [0.2, 0.25) is 0 Å². The Morgan fingerprint density at radius 3 is 2.29 bits per heavy atom. The van der Waals surface area contributed by atoms with Crippen LogP contribution in [0, 0.1) is 0 Å². The Bertz CT molecular complexity index is 854. The third kappa shape index (κ3) is 7.92. The Hall–Kier alpha value is -2.03. The van der Waals surface area contributed by atoms with Gasteiger partial charge in [-0.15, -0.1) is 11.8 Å². The summed E-state index contributed by atoms with van der Waals surface area (Å²) in [6.45, 7) is 3.58. The molecule has 0 aromatic heterocycles. The van der Waals surface area contributed by atoms with E-state index in [2.05, 4.69) is 39.4 Å². The molecular weight excluding hydrogens is 392 g/mol. The SMILES string of the molecule is CN=C(NCc1ccc(CS(=O)(=O)NC)cc1)NCC(C)Sc1ccccc1. The number of sulfonamides is 1. The summed E-state index contributed by atoms with van der Waals surface area (Å²) in [4.78, 5) is 5.51. The highest BCUT2D eigenvalue weighted by Crippen LogP contribution is 2.21. The molecule has 0 amide bonds. The van der Waals surface area contributed by atoms with E-state index in [9.17, 15) is 8.42 Å². The predicted molar refractivity (Wildman–Crippen MR) is 118 cm³/mol. The van der Waals surface area contributed by atoms with Crippen molar-refractivity contribution in [3.05, 3.63) is 65.7 Å². The van der Waals surface area contributed by atoms with Gasteiger partial charge in [0.1, 0.15) is 0 Å². The molecule has 0 aliphatic carbocycles. The van der Waals surface area contributed by atoms with E-state index in [4.69, 9.17) is 0 Å². The number of rotatable bonds is 9. The summed E-state index contributed by atoms with van der Waals surface area (Å²) in [5, 5.41) is 7.02. The van der Waals surface area contributed by atoms with Crippen molar-refractivity contribution in [1.82, 2.24) is 15.4 Å².